The number of rotatable bonds is 16. The summed E-state index contributed by atoms with van der Waals surface area (Å²) < 4.78 is 32.1. The van der Waals surface area contributed by atoms with Gasteiger partial charge in [-0.15, -0.1) is 0 Å². The van der Waals surface area contributed by atoms with Gasteiger partial charge < -0.3 is 15.0 Å². The lowest BCUT2D eigenvalue weighted by Crippen LogP contribution is -2.50. The molecule has 0 bridgehead atoms. The Morgan fingerprint density at radius 2 is 1.67 bits per heavy atom. The van der Waals surface area contributed by atoms with Crippen molar-refractivity contribution < 1.29 is 22.7 Å². The van der Waals surface area contributed by atoms with Crippen molar-refractivity contribution in [3.8, 4) is 5.75 Å². The first-order valence-electron chi connectivity index (χ1n) is 14.3. The van der Waals surface area contributed by atoms with Crippen molar-refractivity contribution in [3.05, 3.63) is 94.0 Å². The summed E-state index contributed by atoms with van der Waals surface area (Å²) in [6, 6.07) is 20.5. The van der Waals surface area contributed by atoms with Gasteiger partial charge >= 0.3 is 0 Å². The molecule has 0 aliphatic carbocycles. The number of halogens is 2. The van der Waals surface area contributed by atoms with E-state index in [1.165, 1.54) is 9.21 Å². The van der Waals surface area contributed by atoms with Crippen LogP contribution >= 0.6 is 23.2 Å². The van der Waals surface area contributed by atoms with E-state index in [0.29, 0.717) is 46.6 Å². The van der Waals surface area contributed by atoms with E-state index in [4.69, 9.17) is 27.9 Å². The van der Waals surface area contributed by atoms with E-state index < -0.39 is 16.1 Å². The maximum atomic E-state index is 13.9. The van der Waals surface area contributed by atoms with E-state index in [-0.39, 0.29) is 37.7 Å². The number of nitrogens with zero attached hydrogens (tertiary/aromatic N) is 2. The Morgan fingerprint density at radius 3 is 2.28 bits per heavy atom. The van der Waals surface area contributed by atoms with Gasteiger partial charge in [0, 0.05) is 42.5 Å². The summed E-state index contributed by atoms with van der Waals surface area (Å²) in [5.74, 6) is 0.0761. The molecule has 0 spiro atoms. The van der Waals surface area contributed by atoms with E-state index in [2.05, 4.69) is 5.32 Å². The second kappa shape index (κ2) is 16.5. The number of benzene rings is 3. The second-order valence-electron chi connectivity index (χ2n) is 10.1. The summed E-state index contributed by atoms with van der Waals surface area (Å²) in [5.41, 5.74) is 2.02. The largest absolute Gasteiger partial charge is 0.494 e. The number of amides is 2. The predicted molar refractivity (Wildman–Crippen MR) is 173 cm³/mol. The lowest BCUT2D eigenvalue weighted by atomic mass is 10.0. The molecule has 0 saturated heterocycles. The number of carbonyl (C=O) groups excluding carboxylic acids is 2. The van der Waals surface area contributed by atoms with Crippen LogP contribution in [0.15, 0.2) is 72.8 Å². The molecule has 1 N–H and O–H groups in total. The predicted octanol–water partition coefficient (Wildman–Crippen LogP) is 6.10. The average molecular weight is 649 g/mol. The van der Waals surface area contributed by atoms with Crippen molar-refractivity contribution in [3.63, 3.8) is 0 Å². The van der Waals surface area contributed by atoms with Gasteiger partial charge in [0.15, 0.2) is 0 Å². The zero-order valence-electron chi connectivity index (χ0n) is 24.8. The van der Waals surface area contributed by atoms with Gasteiger partial charge in [0.2, 0.25) is 21.8 Å². The third-order valence-electron chi connectivity index (χ3n) is 6.76. The van der Waals surface area contributed by atoms with Crippen LogP contribution in [0, 0.1) is 0 Å². The first kappa shape index (κ1) is 34.2. The minimum absolute atomic E-state index is 0.0145. The molecule has 2 amide bonds. The Balaban J connectivity index is 1.88. The van der Waals surface area contributed by atoms with E-state index in [9.17, 15) is 18.0 Å². The Labute approximate surface area is 265 Å². The minimum atomic E-state index is -3.63. The fourth-order valence-corrected chi connectivity index (χ4v) is 6.07. The van der Waals surface area contributed by atoms with Gasteiger partial charge in [-0.3, -0.25) is 13.9 Å². The summed E-state index contributed by atoms with van der Waals surface area (Å²) in [5, 5.41) is 3.79. The van der Waals surface area contributed by atoms with Gasteiger partial charge in [-0.1, -0.05) is 66.5 Å². The molecule has 0 saturated carbocycles. The lowest BCUT2D eigenvalue weighted by molar-refractivity contribution is -0.141. The standard InChI is InChI=1S/C32H39Cl2N3O5S/c1-4-19-35-32(39)30(21-24-10-7-6-8-11-24)36(23-25-13-14-26(33)22-29(25)34)31(38)12-9-20-37(43(3,40)41)27-15-17-28(18-16-27)42-5-2/h6-8,10-11,13-18,22,30H,4-5,9,12,19-21,23H2,1-3H3,(H,35,39)/t30-/m1/s1. The molecule has 8 nitrogen and oxygen atoms in total. The molecule has 11 heteroatoms. The van der Waals surface area contributed by atoms with Gasteiger partial charge in [-0.2, -0.15) is 0 Å². The Kier molecular flexibility index (Phi) is 13.2. The highest BCUT2D eigenvalue weighted by Gasteiger charge is 2.31. The van der Waals surface area contributed by atoms with Crippen molar-refractivity contribution in [2.24, 2.45) is 0 Å². The molecular weight excluding hydrogens is 609 g/mol. The van der Waals surface area contributed by atoms with Crippen molar-refractivity contribution in [1.82, 2.24) is 10.2 Å². The third kappa shape index (κ3) is 10.4. The smallest absolute Gasteiger partial charge is 0.243 e. The van der Waals surface area contributed by atoms with Gasteiger partial charge in [-0.25, -0.2) is 8.42 Å². The fraction of sp³-hybridized carbons (Fsp3) is 0.375. The van der Waals surface area contributed by atoms with Gasteiger partial charge in [0.1, 0.15) is 11.8 Å². The molecule has 0 radical (unpaired) electrons. The summed E-state index contributed by atoms with van der Waals surface area (Å²) in [6.07, 6.45) is 2.43. The lowest BCUT2D eigenvalue weighted by Gasteiger charge is -2.32. The van der Waals surface area contributed by atoms with Crippen molar-refractivity contribution in [2.75, 3.05) is 30.3 Å². The maximum absolute atomic E-state index is 13.9. The van der Waals surface area contributed by atoms with E-state index in [0.717, 1.165) is 18.2 Å². The first-order valence-corrected chi connectivity index (χ1v) is 16.9. The normalized spacial score (nSPS) is 11.9. The number of anilines is 1. The molecule has 0 aromatic heterocycles. The topological polar surface area (TPSA) is 96.0 Å². The van der Waals surface area contributed by atoms with Crippen LogP contribution in [0.3, 0.4) is 0 Å². The highest BCUT2D eigenvalue weighted by atomic mass is 35.5. The van der Waals surface area contributed by atoms with Crippen LogP contribution < -0.4 is 14.4 Å². The molecule has 3 rings (SSSR count). The molecule has 3 aromatic rings. The number of ether oxygens (including phenoxy) is 1. The Bertz CT molecular complexity index is 1450. The van der Waals surface area contributed by atoms with Crippen LogP contribution in [0.1, 0.15) is 44.2 Å². The summed E-state index contributed by atoms with van der Waals surface area (Å²) >= 11 is 12.6. The number of hydrogen-bond acceptors (Lipinski definition) is 5. The maximum Gasteiger partial charge on any atom is 0.243 e. The van der Waals surface area contributed by atoms with Crippen LogP contribution in [0.5, 0.6) is 5.75 Å². The van der Waals surface area contributed by atoms with E-state index in [1.807, 2.05) is 44.2 Å². The van der Waals surface area contributed by atoms with Crippen LogP contribution in [0.2, 0.25) is 10.0 Å². The molecule has 1 atom stereocenters. The molecule has 0 fully saturated rings. The summed E-state index contributed by atoms with van der Waals surface area (Å²) in [6.45, 7) is 4.96. The third-order valence-corrected chi connectivity index (χ3v) is 8.55. The Hall–Kier alpha value is -3.27. The van der Waals surface area contributed by atoms with Crippen molar-refractivity contribution in [2.45, 2.75) is 52.1 Å². The Morgan fingerprint density at radius 1 is 0.977 bits per heavy atom. The van der Waals surface area contributed by atoms with Gasteiger partial charge in [-0.05, 0) is 67.3 Å². The number of hydrogen-bond donors (Lipinski definition) is 1. The number of carbonyl (C=O) groups is 2. The van der Waals surface area contributed by atoms with Crippen molar-refractivity contribution in [1.29, 1.82) is 0 Å². The van der Waals surface area contributed by atoms with Gasteiger partial charge in [0.05, 0.1) is 18.6 Å². The monoisotopic (exact) mass is 647 g/mol. The SMILES string of the molecule is CCCNC(=O)[C@@H](Cc1ccccc1)N(Cc1ccc(Cl)cc1Cl)C(=O)CCCN(c1ccc(OCC)cc1)S(C)(=O)=O. The first-order chi connectivity index (χ1) is 20.5. The molecule has 0 unspecified atom stereocenters. The molecule has 232 valence electrons. The summed E-state index contributed by atoms with van der Waals surface area (Å²) in [7, 11) is -3.63. The highest BCUT2D eigenvalue weighted by molar-refractivity contribution is 7.92. The molecular formula is C32H39Cl2N3O5S. The highest BCUT2D eigenvalue weighted by Crippen LogP contribution is 2.26. The molecule has 0 aliphatic heterocycles. The quantitative estimate of drug-likeness (QED) is 0.203. The van der Waals surface area contributed by atoms with Gasteiger partial charge in [0.25, 0.3) is 0 Å². The fourth-order valence-electron chi connectivity index (χ4n) is 4.63. The van der Waals surface area contributed by atoms with E-state index in [1.54, 1.807) is 42.5 Å². The van der Waals surface area contributed by atoms with Crippen molar-refractivity contribution >= 4 is 50.7 Å². The number of nitrogens with one attached hydrogen (secondary N) is 1. The zero-order valence-corrected chi connectivity index (χ0v) is 27.1. The minimum Gasteiger partial charge on any atom is -0.494 e. The zero-order chi connectivity index (χ0) is 31.4. The second-order valence-corrected chi connectivity index (χ2v) is 12.9. The van der Waals surface area contributed by atoms with Crippen LogP contribution in [-0.2, 0) is 32.6 Å². The van der Waals surface area contributed by atoms with Crippen LogP contribution in [0.25, 0.3) is 0 Å². The average Bonchev–Trinajstić information content (AvgIpc) is 2.97. The molecule has 0 aliphatic rings. The molecule has 0 heterocycles. The van der Waals surface area contributed by atoms with Crippen LogP contribution in [0.4, 0.5) is 5.69 Å². The molecule has 3 aromatic carbocycles. The van der Waals surface area contributed by atoms with E-state index >= 15 is 0 Å². The van der Waals surface area contributed by atoms with Crippen LogP contribution in [-0.4, -0.2) is 57.1 Å². The number of sulfonamides is 1. The summed E-state index contributed by atoms with van der Waals surface area (Å²) in [4.78, 5) is 28.9. The molecule has 43 heavy (non-hydrogen) atoms.